The summed E-state index contributed by atoms with van der Waals surface area (Å²) in [7, 11) is 0. The number of aliphatic hydroxyl groups is 1. The van der Waals surface area contributed by atoms with Crippen LogP contribution in [0.3, 0.4) is 0 Å². The quantitative estimate of drug-likeness (QED) is 0.0400. The number of unbranched alkanes of at least 4 members (excludes halogenated alkanes) is 26. The smallest absolute Gasteiger partial charge is 0.306 e. The highest BCUT2D eigenvalue weighted by Crippen LogP contribution is 2.15. The average molecular weight is 677 g/mol. The molecule has 0 fully saturated rings. The Balaban J connectivity index is 3.52. The minimum atomic E-state index is -0.768. The molecule has 0 heterocycles. The van der Waals surface area contributed by atoms with Gasteiger partial charge in [-0.05, 0) is 44.9 Å². The van der Waals surface area contributed by atoms with E-state index in [2.05, 4.69) is 38.2 Å². The summed E-state index contributed by atoms with van der Waals surface area (Å²) in [6.07, 6.45) is 46.7. The number of ether oxygens (including phenoxy) is 2. The number of esters is 2. The predicted molar refractivity (Wildman–Crippen MR) is 205 cm³/mol. The van der Waals surface area contributed by atoms with E-state index in [9.17, 15) is 14.7 Å². The van der Waals surface area contributed by atoms with Gasteiger partial charge in [0.1, 0.15) is 6.61 Å². The Morgan fingerprint density at radius 2 is 0.833 bits per heavy atom. The molecule has 1 atom stereocenters. The van der Waals surface area contributed by atoms with E-state index in [1.54, 1.807) is 0 Å². The summed E-state index contributed by atoms with van der Waals surface area (Å²) in [4.78, 5) is 24.3. The topological polar surface area (TPSA) is 72.8 Å². The summed E-state index contributed by atoms with van der Waals surface area (Å²) in [5.41, 5.74) is 0. The fraction of sp³-hybridized carbons (Fsp3) is 0.860. The first kappa shape index (κ1) is 46.4. The zero-order valence-electron chi connectivity index (χ0n) is 32.0. The van der Waals surface area contributed by atoms with E-state index in [4.69, 9.17) is 9.47 Å². The van der Waals surface area contributed by atoms with Crippen molar-refractivity contribution in [2.45, 2.75) is 225 Å². The minimum Gasteiger partial charge on any atom is -0.462 e. The van der Waals surface area contributed by atoms with Gasteiger partial charge in [0.25, 0.3) is 0 Å². The second-order valence-electron chi connectivity index (χ2n) is 14.1. The number of rotatable bonds is 38. The Labute approximate surface area is 298 Å². The molecule has 5 nitrogen and oxygen atoms in total. The van der Waals surface area contributed by atoms with Crippen LogP contribution in [0, 0.1) is 0 Å². The average Bonchev–Trinajstić information content (AvgIpc) is 3.09. The van der Waals surface area contributed by atoms with Crippen molar-refractivity contribution in [2.24, 2.45) is 0 Å². The van der Waals surface area contributed by atoms with Crippen molar-refractivity contribution in [1.82, 2.24) is 0 Å². The van der Waals surface area contributed by atoms with Crippen LogP contribution in [0.5, 0.6) is 0 Å². The Bertz CT molecular complexity index is 731. The molecule has 0 aromatic heterocycles. The van der Waals surface area contributed by atoms with Crippen LogP contribution in [0.4, 0.5) is 0 Å². The van der Waals surface area contributed by atoms with E-state index in [1.807, 2.05) is 0 Å². The molecule has 0 bridgehead atoms. The molecule has 0 aromatic rings. The Hall–Kier alpha value is -1.62. The van der Waals surface area contributed by atoms with Gasteiger partial charge in [-0.2, -0.15) is 0 Å². The van der Waals surface area contributed by atoms with E-state index in [0.717, 1.165) is 44.9 Å². The van der Waals surface area contributed by atoms with E-state index in [0.29, 0.717) is 12.8 Å². The van der Waals surface area contributed by atoms with Gasteiger partial charge in [-0.25, -0.2) is 0 Å². The second-order valence-corrected chi connectivity index (χ2v) is 14.1. The molecular formula is C43H80O5. The van der Waals surface area contributed by atoms with Crippen molar-refractivity contribution in [2.75, 3.05) is 13.2 Å². The molecule has 282 valence electrons. The van der Waals surface area contributed by atoms with Crippen molar-refractivity contribution in [1.29, 1.82) is 0 Å². The lowest BCUT2D eigenvalue weighted by molar-refractivity contribution is -0.161. The maximum absolute atomic E-state index is 12.2. The molecule has 48 heavy (non-hydrogen) atoms. The largest absolute Gasteiger partial charge is 0.462 e. The van der Waals surface area contributed by atoms with Gasteiger partial charge >= 0.3 is 11.9 Å². The molecule has 0 saturated heterocycles. The first-order chi connectivity index (χ1) is 23.6. The van der Waals surface area contributed by atoms with Gasteiger partial charge in [0.15, 0.2) is 6.10 Å². The molecule has 0 radical (unpaired) electrons. The Morgan fingerprint density at radius 3 is 1.27 bits per heavy atom. The van der Waals surface area contributed by atoms with Crippen LogP contribution in [0.15, 0.2) is 24.3 Å². The number of carbonyl (C=O) groups excluding carboxylic acids is 2. The van der Waals surface area contributed by atoms with Crippen molar-refractivity contribution in [3.05, 3.63) is 24.3 Å². The van der Waals surface area contributed by atoms with Crippen LogP contribution in [-0.2, 0) is 19.1 Å². The van der Waals surface area contributed by atoms with E-state index >= 15 is 0 Å². The predicted octanol–water partition coefficient (Wildman–Crippen LogP) is 13.1. The highest BCUT2D eigenvalue weighted by atomic mass is 16.6. The highest BCUT2D eigenvalue weighted by molar-refractivity contribution is 5.70. The van der Waals surface area contributed by atoms with Gasteiger partial charge in [0.2, 0.25) is 0 Å². The number of allylic oxidation sites excluding steroid dienone is 4. The van der Waals surface area contributed by atoms with E-state index in [1.165, 1.54) is 148 Å². The third kappa shape index (κ3) is 37.2. The van der Waals surface area contributed by atoms with Crippen molar-refractivity contribution in [3.8, 4) is 0 Å². The molecule has 0 aliphatic rings. The Morgan fingerprint density at radius 1 is 0.479 bits per heavy atom. The van der Waals surface area contributed by atoms with Gasteiger partial charge in [0.05, 0.1) is 6.61 Å². The summed E-state index contributed by atoms with van der Waals surface area (Å²) < 4.78 is 10.6. The van der Waals surface area contributed by atoms with Crippen molar-refractivity contribution < 1.29 is 24.2 Å². The lowest BCUT2D eigenvalue weighted by atomic mass is 10.0. The van der Waals surface area contributed by atoms with Crippen LogP contribution >= 0.6 is 0 Å². The molecule has 0 rings (SSSR count). The zero-order chi connectivity index (χ0) is 35.0. The Kier molecular flexibility index (Phi) is 38.5. The molecule has 0 aliphatic heterocycles. The molecule has 0 unspecified atom stereocenters. The summed E-state index contributed by atoms with van der Waals surface area (Å²) in [5, 5.41) is 9.56. The van der Waals surface area contributed by atoms with Crippen LogP contribution < -0.4 is 0 Å². The monoisotopic (exact) mass is 677 g/mol. The molecule has 0 spiro atoms. The molecule has 0 aliphatic carbocycles. The second kappa shape index (κ2) is 39.8. The number of hydrogen-bond acceptors (Lipinski definition) is 5. The molecule has 0 aromatic carbocycles. The van der Waals surface area contributed by atoms with Gasteiger partial charge in [-0.1, -0.05) is 186 Å². The van der Waals surface area contributed by atoms with Crippen molar-refractivity contribution in [3.63, 3.8) is 0 Å². The number of hydrogen-bond donors (Lipinski definition) is 1. The van der Waals surface area contributed by atoms with Gasteiger partial charge < -0.3 is 14.6 Å². The normalized spacial score (nSPS) is 12.3. The minimum absolute atomic E-state index is 0.0636. The standard InChI is InChI=1S/C43H80O5/c1-3-5-7-9-11-13-15-17-19-20-21-22-24-25-27-29-31-33-35-37-42(45)47-40-41(39-44)48-43(46)38-36-34-32-30-28-26-23-18-16-14-12-10-8-6-4-2/h11,13,17,19,41,44H,3-10,12,14-16,18,20-40H2,1-2H3/t41-/m0/s1. The van der Waals surface area contributed by atoms with Crippen LogP contribution in [0.25, 0.3) is 0 Å². The van der Waals surface area contributed by atoms with Gasteiger partial charge in [-0.15, -0.1) is 0 Å². The van der Waals surface area contributed by atoms with Gasteiger partial charge in [-0.3, -0.25) is 9.59 Å². The lowest BCUT2D eigenvalue weighted by Crippen LogP contribution is -2.28. The SMILES string of the molecule is CCCCCC=CCC=CCCCCCCCCCCCC(=O)OC[C@H](CO)OC(=O)CCCCCCCCCCCCCCCCC. The first-order valence-electron chi connectivity index (χ1n) is 20.9. The molecular weight excluding hydrogens is 596 g/mol. The maximum atomic E-state index is 12.2. The molecule has 5 heteroatoms. The van der Waals surface area contributed by atoms with E-state index in [-0.39, 0.29) is 25.2 Å². The summed E-state index contributed by atoms with van der Waals surface area (Å²) in [6, 6.07) is 0. The summed E-state index contributed by atoms with van der Waals surface area (Å²) in [5.74, 6) is -0.586. The third-order valence-electron chi connectivity index (χ3n) is 9.25. The van der Waals surface area contributed by atoms with Crippen molar-refractivity contribution >= 4 is 11.9 Å². The van der Waals surface area contributed by atoms with Gasteiger partial charge in [0, 0.05) is 12.8 Å². The van der Waals surface area contributed by atoms with E-state index < -0.39 is 6.10 Å². The molecule has 0 saturated carbocycles. The highest BCUT2D eigenvalue weighted by Gasteiger charge is 2.16. The summed E-state index contributed by atoms with van der Waals surface area (Å²) >= 11 is 0. The first-order valence-corrected chi connectivity index (χ1v) is 20.9. The number of carbonyl (C=O) groups is 2. The fourth-order valence-corrected chi connectivity index (χ4v) is 6.06. The lowest BCUT2D eigenvalue weighted by Gasteiger charge is -2.15. The van der Waals surface area contributed by atoms with Crippen LogP contribution in [0.2, 0.25) is 0 Å². The van der Waals surface area contributed by atoms with Crippen LogP contribution in [-0.4, -0.2) is 36.4 Å². The summed E-state index contributed by atoms with van der Waals surface area (Å²) in [6.45, 7) is 4.13. The molecule has 0 amide bonds. The van der Waals surface area contributed by atoms with Crippen LogP contribution in [0.1, 0.15) is 219 Å². The maximum Gasteiger partial charge on any atom is 0.306 e. The zero-order valence-corrected chi connectivity index (χ0v) is 32.0. The fourth-order valence-electron chi connectivity index (χ4n) is 6.06. The molecule has 1 N–H and O–H groups in total. The third-order valence-corrected chi connectivity index (χ3v) is 9.25. The number of aliphatic hydroxyl groups excluding tert-OH is 1.